The highest BCUT2D eigenvalue weighted by atomic mass is 35.5. The van der Waals surface area contributed by atoms with Crippen molar-refractivity contribution in [3.63, 3.8) is 0 Å². The van der Waals surface area contributed by atoms with Crippen LogP contribution in [0.3, 0.4) is 0 Å². The molecular weight excluding hydrogens is 407 g/mol. The predicted octanol–water partition coefficient (Wildman–Crippen LogP) is 3.67. The Morgan fingerprint density at radius 3 is 2.81 bits per heavy atom. The summed E-state index contributed by atoms with van der Waals surface area (Å²) in [6, 6.07) is 6.19. The van der Waals surface area contributed by atoms with Gasteiger partial charge >= 0.3 is 0 Å². The van der Waals surface area contributed by atoms with Crippen LogP contribution in [-0.2, 0) is 11.3 Å². The Morgan fingerprint density at radius 2 is 2.04 bits per heavy atom. The standard InChI is InChI=1S/C18H16Cl2N4O2S/c19-11-6-12(20)8-13(7-11)21-17(26)15-2-1-3-23(15)10-14-9-16(25)24-4-5-27-18(24)22-14/h4-9,15H,1-3,10H2,(H,21,26)/t15-/m1/s1. The van der Waals surface area contributed by atoms with Gasteiger partial charge in [0.2, 0.25) is 5.91 Å². The number of benzene rings is 1. The summed E-state index contributed by atoms with van der Waals surface area (Å²) in [5, 5.41) is 5.65. The van der Waals surface area contributed by atoms with Gasteiger partial charge in [-0.25, -0.2) is 4.98 Å². The van der Waals surface area contributed by atoms with Crippen LogP contribution in [0.5, 0.6) is 0 Å². The van der Waals surface area contributed by atoms with E-state index in [1.807, 2.05) is 10.3 Å². The topological polar surface area (TPSA) is 66.7 Å². The second-order valence-electron chi connectivity index (χ2n) is 6.42. The van der Waals surface area contributed by atoms with E-state index in [1.54, 1.807) is 24.4 Å². The molecule has 1 aromatic carbocycles. The van der Waals surface area contributed by atoms with Crippen LogP contribution in [0.2, 0.25) is 10.0 Å². The Balaban J connectivity index is 1.51. The minimum Gasteiger partial charge on any atom is -0.325 e. The quantitative estimate of drug-likeness (QED) is 0.696. The summed E-state index contributed by atoms with van der Waals surface area (Å²) in [6.45, 7) is 1.23. The van der Waals surface area contributed by atoms with Gasteiger partial charge in [-0.2, -0.15) is 0 Å². The molecule has 0 spiro atoms. The predicted molar refractivity (Wildman–Crippen MR) is 108 cm³/mol. The van der Waals surface area contributed by atoms with Gasteiger partial charge in [-0.3, -0.25) is 18.9 Å². The fourth-order valence-corrected chi connectivity index (χ4v) is 4.61. The number of carbonyl (C=O) groups is 1. The Labute approximate surface area is 169 Å². The van der Waals surface area contributed by atoms with Crippen LogP contribution in [0.25, 0.3) is 4.96 Å². The Bertz CT molecular complexity index is 1040. The molecule has 0 unspecified atom stereocenters. The molecule has 1 aliphatic rings. The van der Waals surface area contributed by atoms with Crippen LogP contribution in [0, 0.1) is 0 Å². The highest BCUT2D eigenvalue weighted by molar-refractivity contribution is 7.15. The molecule has 0 bridgehead atoms. The zero-order valence-electron chi connectivity index (χ0n) is 14.2. The molecule has 0 aliphatic carbocycles. The third-order valence-electron chi connectivity index (χ3n) is 4.52. The van der Waals surface area contributed by atoms with Crippen LogP contribution in [0.15, 0.2) is 40.6 Å². The fraction of sp³-hybridized carbons (Fsp3) is 0.278. The van der Waals surface area contributed by atoms with E-state index in [2.05, 4.69) is 10.3 Å². The van der Waals surface area contributed by atoms with Crippen molar-refractivity contribution < 1.29 is 4.79 Å². The van der Waals surface area contributed by atoms with Crippen LogP contribution < -0.4 is 10.9 Å². The van der Waals surface area contributed by atoms with E-state index in [4.69, 9.17) is 23.2 Å². The molecule has 2 aromatic heterocycles. The normalized spacial score (nSPS) is 17.5. The number of thiazole rings is 1. The Morgan fingerprint density at radius 1 is 1.26 bits per heavy atom. The molecule has 27 heavy (non-hydrogen) atoms. The second kappa shape index (κ2) is 7.59. The SMILES string of the molecule is O=C(Nc1cc(Cl)cc(Cl)c1)[C@H]1CCCN1Cc1cc(=O)n2ccsc2n1. The van der Waals surface area contributed by atoms with Crippen LogP contribution >= 0.6 is 34.5 Å². The number of nitrogens with zero attached hydrogens (tertiary/aromatic N) is 3. The number of likely N-dealkylation sites (tertiary alicyclic amines) is 1. The van der Waals surface area contributed by atoms with E-state index in [-0.39, 0.29) is 17.5 Å². The van der Waals surface area contributed by atoms with E-state index in [0.29, 0.717) is 32.9 Å². The molecule has 1 fully saturated rings. The third-order valence-corrected chi connectivity index (χ3v) is 5.71. The first-order valence-corrected chi connectivity index (χ1v) is 10.1. The van der Waals surface area contributed by atoms with Crippen molar-refractivity contribution in [3.8, 4) is 0 Å². The van der Waals surface area contributed by atoms with Gasteiger partial charge in [-0.15, -0.1) is 11.3 Å². The summed E-state index contributed by atoms with van der Waals surface area (Å²) < 4.78 is 1.52. The molecular formula is C18H16Cl2N4O2S. The largest absolute Gasteiger partial charge is 0.325 e. The molecule has 4 rings (SSSR count). The first-order chi connectivity index (χ1) is 13.0. The van der Waals surface area contributed by atoms with Crippen molar-refractivity contribution in [1.29, 1.82) is 0 Å². The zero-order valence-corrected chi connectivity index (χ0v) is 16.5. The van der Waals surface area contributed by atoms with Crippen molar-refractivity contribution in [2.24, 2.45) is 0 Å². The summed E-state index contributed by atoms with van der Waals surface area (Å²) in [6.07, 6.45) is 3.37. The number of carbonyl (C=O) groups excluding carboxylic acids is 1. The lowest BCUT2D eigenvalue weighted by Crippen LogP contribution is -2.39. The van der Waals surface area contributed by atoms with Crippen molar-refractivity contribution in [2.75, 3.05) is 11.9 Å². The molecule has 0 saturated carbocycles. The lowest BCUT2D eigenvalue weighted by Gasteiger charge is -2.23. The first kappa shape index (κ1) is 18.4. The lowest BCUT2D eigenvalue weighted by molar-refractivity contribution is -0.120. The minimum atomic E-state index is -0.286. The first-order valence-electron chi connectivity index (χ1n) is 8.46. The monoisotopic (exact) mass is 422 g/mol. The maximum absolute atomic E-state index is 12.8. The Kier molecular flexibility index (Phi) is 5.19. The molecule has 1 saturated heterocycles. The number of anilines is 1. The van der Waals surface area contributed by atoms with Gasteiger partial charge in [0.15, 0.2) is 4.96 Å². The van der Waals surface area contributed by atoms with E-state index >= 15 is 0 Å². The van der Waals surface area contributed by atoms with Gasteiger partial charge in [0.05, 0.1) is 11.7 Å². The molecule has 1 N–H and O–H groups in total. The summed E-state index contributed by atoms with van der Waals surface area (Å²) in [5.41, 5.74) is 1.14. The number of rotatable bonds is 4. The number of aromatic nitrogens is 2. The van der Waals surface area contributed by atoms with Crippen LogP contribution in [-0.4, -0.2) is 32.8 Å². The third kappa shape index (κ3) is 4.01. The van der Waals surface area contributed by atoms with E-state index in [0.717, 1.165) is 19.4 Å². The fourth-order valence-electron chi connectivity index (χ4n) is 3.34. The van der Waals surface area contributed by atoms with Gasteiger partial charge in [0.25, 0.3) is 5.56 Å². The molecule has 1 atom stereocenters. The van der Waals surface area contributed by atoms with Gasteiger partial charge in [0.1, 0.15) is 0 Å². The molecule has 0 radical (unpaired) electrons. The molecule has 3 aromatic rings. The summed E-state index contributed by atoms with van der Waals surface area (Å²) >= 11 is 13.4. The molecule has 1 aliphatic heterocycles. The van der Waals surface area contributed by atoms with Crippen molar-refractivity contribution in [1.82, 2.24) is 14.3 Å². The van der Waals surface area contributed by atoms with E-state index in [9.17, 15) is 9.59 Å². The Hall–Kier alpha value is -1.93. The smallest absolute Gasteiger partial charge is 0.258 e. The average molecular weight is 423 g/mol. The van der Waals surface area contributed by atoms with E-state index in [1.165, 1.54) is 21.8 Å². The number of amides is 1. The van der Waals surface area contributed by atoms with Gasteiger partial charge < -0.3 is 5.32 Å². The van der Waals surface area contributed by atoms with Crippen LogP contribution in [0.4, 0.5) is 5.69 Å². The molecule has 9 heteroatoms. The highest BCUT2D eigenvalue weighted by Gasteiger charge is 2.31. The molecule has 1 amide bonds. The number of fused-ring (bicyclic) bond motifs is 1. The lowest BCUT2D eigenvalue weighted by atomic mass is 10.2. The van der Waals surface area contributed by atoms with Gasteiger partial charge in [0, 0.05) is 39.9 Å². The summed E-state index contributed by atoms with van der Waals surface area (Å²) in [7, 11) is 0. The van der Waals surface area contributed by atoms with Crippen molar-refractivity contribution >= 4 is 51.1 Å². The van der Waals surface area contributed by atoms with Crippen LogP contribution in [0.1, 0.15) is 18.5 Å². The second-order valence-corrected chi connectivity index (χ2v) is 8.16. The number of hydrogen-bond acceptors (Lipinski definition) is 5. The average Bonchev–Trinajstić information content (AvgIpc) is 3.23. The molecule has 140 valence electrons. The number of halogens is 2. The molecule has 3 heterocycles. The van der Waals surface area contributed by atoms with Gasteiger partial charge in [-0.05, 0) is 37.6 Å². The van der Waals surface area contributed by atoms with Crippen molar-refractivity contribution in [2.45, 2.75) is 25.4 Å². The maximum Gasteiger partial charge on any atom is 0.258 e. The summed E-state index contributed by atoms with van der Waals surface area (Å²) in [5.74, 6) is -0.111. The van der Waals surface area contributed by atoms with E-state index < -0.39 is 0 Å². The number of nitrogens with one attached hydrogen (secondary N) is 1. The maximum atomic E-state index is 12.8. The minimum absolute atomic E-state index is 0.106. The zero-order chi connectivity index (χ0) is 19.0. The molecule has 6 nitrogen and oxygen atoms in total. The summed E-state index contributed by atoms with van der Waals surface area (Å²) in [4.78, 5) is 32.2. The highest BCUT2D eigenvalue weighted by Crippen LogP contribution is 2.25. The number of hydrogen-bond donors (Lipinski definition) is 1. The van der Waals surface area contributed by atoms with Gasteiger partial charge in [-0.1, -0.05) is 23.2 Å². The van der Waals surface area contributed by atoms with Crippen molar-refractivity contribution in [3.05, 3.63) is 61.9 Å².